The minimum atomic E-state index is -0.367. The van der Waals surface area contributed by atoms with E-state index < -0.39 is 0 Å². The zero-order valence-corrected chi connectivity index (χ0v) is 12.4. The number of allylic oxidation sites excluding steroid dienone is 1. The van der Waals surface area contributed by atoms with Crippen molar-refractivity contribution in [1.29, 1.82) is 0 Å². The molecule has 1 aliphatic rings. The lowest BCUT2D eigenvalue weighted by Gasteiger charge is -2.31. The van der Waals surface area contributed by atoms with Gasteiger partial charge in [-0.1, -0.05) is 42.5 Å². The van der Waals surface area contributed by atoms with E-state index in [-0.39, 0.29) is 17.9 Å². The minimum Gasteiger partial charge on any atom is -0.327 e. The van der Waals surface area contributed by atoms with E-state index in [9.17, 15) is 9.59 Å². The van der Waals surface area contributed by atoms with Crippen LogP contribution in [0.2, 0.25) is 0 Å². The summed E-state index contributed by atoms with van der Waals surface area (Å²) in [6, 6.07) is 9.01. The van der Waals surface area contributed by atoms with Gasteiger partial charge >= 0.3 is 6.03 Å². The SMILES string of the molecule is CC=CCCN1C=C(C(C)=O)C(c2ccccc2)NC1=O. The molecule has 1 atom stereocenters. The van der Waals surface area contributed by atoms with Crippen molar-refractivity contribution in [2.24, 2.45) is 0 Å². The van der Waals surface area contributed by atoms with Crippen LogP contribution in [0.25, 0.3) is 0 Å². The lowest BCUT2D eigenvalue weighted by atomic mass is 9.95. The Hall–Kier alpha value is -2.36. The average Bonchev–Trinajstić information content (AvgIpc) is 2.49. The molecule has 2 rings (SSSR count). The fourth-order valence-corrected chi connectivity index (χ4v) is 2.33. The van der Waals surface area contributed by atoms with E-state index in [0.717, 1.165) is 12.0 Å². The fraction of sp³-hybridized carbons (Fsp3) is 0.294. The fourth-order valence-electron chi connectivity index (χ4n) is 2.33. The second-order valence-electron chi connectivity index (χ2n) is 4.98. The second-order valence-corrected chi connectivity index (χ2v) is 4.98. The zero-order valence-electron chi connectivity index (χ0n) is 12.4. The van der Waals surface area contributed by atoms with Gasteiger partial charge in [-0.2, -0.15) is 0 Å². The maximum Gasteiger partial charge on any atom is 0.322 e. The molecular formula is C17H20N2O2. The van der Waals surface area contributed by atoms with Gasteiger partial charge in [0.1, 0.15) is 0 Å². The highest BCUT2D eigenvalue weighted by Crippen LogP contribution is 2.26. The predicted octanol–water partition coefficient (Wildman–Crippen LogP) is 3.19. The van der Waals surface area contributed by atoms with Crippen LogP contribution < -0.4 is 5.32 Å². The van der Waals surface area contributed by atoms with E-state index in [1.165, 1.54) is 6.92 Å². The van der Waals surface area contributed by atoms with Gasteiger partial charge in [0.2, 0.25) is 0 Å². The molecule has 1 aliphatic heterocycles. The van der Waals surface area contributed by atoms with Crippen molar-refractivity contribution in [2.75, 3.05) is 6.54 Å². The van der Waals surface area contributed by atoms with Gasteiger partial charge in [0.25, 0.3) is 0 Å². The van der Waals surface area contributed by atoms with Crippen molar-refractivity contribution < 1.29 is 9.59 Å². The van der Waals surface area contributed by atoms with E-state index in [1.54, 1.807) is 11.1 Å². The predicted molar refractivity (Wildman–Crippen MR) is 82.6 cm³/mol. The van der Waals surface area contributed by atoms with E-state index in [2.05, 4.69) is 5.32 Å². The number of amides is 2. The number of hydrogen-bond acceptors (Lipinski definition) is 2. The number of hydrogen-bond donors (Lipinski definition) is 1. The number of carbonyl (C=O) groups is 2. The molecule has 0 saturated heterocycles. The monoisotopic (exact) mass is 284 g/mol. The molecule has 1 aromatic carbocycles. The Bertz CT molecular complexity index is 576. The second kappa shape index (κ2) is 6.88. The first-order valence-electron chi connectivity index (χ1n) is 7.09. The number of rotatable bonds is 5. The first kappa shape index (κ1) is 15.0. The van der Waals surface area contributed by atoms with Crippen LogP contribution in [-0.4, -0.2) is 23.3 Å². The molecule has 0 aromatic heterocycles. The molecule has 1 N–H and O–H groups in total. The summed E-state index contributed by atoms with van der Waals surface area (Å²) >= 11 is 0. The van der Waals surface area contributed by atoms with Gasteiger partial charge in [-0.15, -0.1) is 0 Å². The van der Waals surface area contributed by atoms with E-state index in [0.29, 0.717) is 12.1 Å². The van der Waals surface area contributed by atoms with E-state index >= 15 is 0 Å². The summed E-state index contributed by atoms with van der Waals surface area (Å²) in [6.45, 7) is 4.04. The smallest absolute Gasteiger partial charge is 0.322 e. The normalized spacial score (nSPS) is 18.6. The molecule has 2 amide bonds. The summed E-state index contributed by atoms with van der Waals surface area (Å²) in [5.74, 6) is -0.0279. The van der Waals surface area contributed by atoms with Gasteiger partial charge < -0.3 is 10.2 Å². The number of urea groups is 1. The zero-order chi connectivity index (χ0) is 15.2. The van der Waals surface area contributed by atoms with Crippen LogP contribution in [0.5, 0.6) is 0 Å². The maximum atomic E-state index is 12.2. The van der Waals surface area contributed by atoms with Crippen LogP contribution in [-0.2, 0) is 4.79 Å². The van der Waals surface area contributed by atoms with Gasteiger partial charge in [0.15, 0.2) is 5.78 Å². The molecule has 110 valence electrons. The maximum absolute atomic E-state index is 12.2. The molecule has 1 unspecified atom stereocenters. The largest absolute Gasteiger partial charge is 0.327 e. The Labute approximate surface area is 125 Å². The minimum absolute atomic E-state index is 0.0279. The van der Waals surface area contributed by atoms with Crippen LogP contribution in [0.4, 0.5) is 4.79 Å². The molecule has 0 radical (unpaired) electrons. The van der Waals surface area contributed by atoms with E-state index in [1.807, 2.05) is 49.4 Å². The topological polar surface area (TPSA) is 49.4 Å². The molecule has 0 spiro atoms. The highest BCUT2D eigenvalue weighted by molar-refractivity contribution is 5.97. The molecule has 0 aliphatic carbocycles. The van der Waals surface area contributed by atoms with Crippen LogP contribution in [0.3, 0.4) is 0 Å². The molecule has 4 nitrogen and oxygen atoms in total. The standard InChI is InChI=1S/C17H20N2O2/c1-3-4-8-11-19-12-15(13(2)20)16(18-17(19)21)14-9-6-5-7-10-14/h3-7,9-10,12,16H,8,11H2,1-2H3,(H,18,21). The molecule has 21 heavy (non-hydrogen) atoms. The molecule has 1 heterocycles. The van der Waals surface area contributed by atoms with Gasteiger partial charge in [0.05, 0.1) is 6.04 Å². The highest BCUT2D eigenvalue weighted by Gasteiger charge is 2.29. The Balaban J connectivity index is 2.27. The van der Waals surface area contributed by atoms with Crippen molar-refractivity contribution in [2.45, 2.75) is 26.3 Å². The number of benzene rings is 1. The van der Waals surface area contributed by atoms with Gasteiger partial charge in [-0.05, 0) is 25.8 Å². The summed E-state index contributed by atoms with van der Waals surface area (Å²) in [5, 5.41) is 2.91. The highest BCUT2D eigenvalue weighted by atomic mass is 16.2. The van der Waals surface area contributed by atoms with Crippen LogP contribution in [0.1, 0.15) is 31.9 Å². The van der Waals surface area contributed by atoms with Crippen molar-refractivity contribution in [3.63, 3.8) is 0 Å². The third-order valence-corrected chi connectivity index (χ3v) is 3.45. The lowest BCUT2D eigenvalue weighted by Crippen LogP contribution is -2.45. The quantitative estimate of drug-likeness (QED) is 0.844. The number of Topliss-reactive ketones (excluding diaryl/α,β-unsaturated/α-hetero) is 1. The van der Waals surface area contributed by atoms with Crippen molar-refractivity contribution in [3.05, 3.63) is 59.8 Å². The van der Waals surface area contributed by atoms with Crippen molar-refractivity contribution in [3.8, 4) is 0 Å². The Morgan fingerprint density at radius 1 is 1.33 bits per heavy atom. The van der Waals surface area contributed by atoms with E-state index in [4.69, 9.17) is 0 Å². The van der Waals surface area contributed by atoms with Crippen LogP contribution >= 0.6 is 0 Å². The molecule has 0 fully saturated rings. The third kappa shape index (κ3) is 3.60. The number of nitrogens with zero attached hydrogens (tertiary/aromatic N) is 1. The van der Waals surface area contributed by atoms with Gasteiger partial charge in [-0.3, -0.25) is 4.79 Å². The third-order valence-electron chi connectivity index (χ3n) is 3.45. The first-order chi connectivity index (χ1) is 10.1. The Morgan fingerprint density at radius 3 is 2.67 bits per heavy atom. The van der Waals surface area contributed by atoms with Gasteiger partial charge in [-0.25, -0.2) is 4.79 Å². The van der Waals surface area contributed by atoms with Crippen LogP contribution in [0.15, 0.2) is 54.3 Å². The first-order valence-corrected chi connectivity index (χ1v) is 7.09. The van der Waals surface area contributed by atoms with Crippen molar-refractivity contribution in [1.82, 2.24) is 10.2 Å². The molecule has 4 heteroatoms. The number of carbonyl (C=O) groups excluding carboxylic acids is 2. The van der Waals surface area contributed by atoms with Crippen LogP contribution in [0, 0.1) is 0 Å². The lowest BCUT2D eigenvalue weighted by molar-refractivity contribution is -0.114. The summed E-state index contributed by atoms with van der Waals surface area (Å²) in [6.07, 6.45) is 6.39. The van der Waals surface area contributed by atoms with Gasteiger partial charge in [0, 0.05) is 18.3 Å². The average molecular weight is 284 g/mol. The molecule has 1 aromatic rings. The molecule has 0 bridgehead atoms. The Kier molecular flexibility index (Phi) is 4.93. The molecule has 0 saturated carbocycles. The summed E-state index contributed by atoms with van der Waals surface area (Å²) in [4.78, 5) is 25.6. The molecular weight excluding hydrogens is 264 g/mol. The summed E-state index contributed by atoms with van der Waals surface area (Å²) < 4.78 is 0. The van der Waals surface area contributed by atoms with Crippen molar-refractivity contribution >= 4 is 11.8 Å². The number of ketones is 1. The number of nitrogens with one attached hydrogen (secondary N) is 1. The summed E-state index contributed by atoms with van der Waals surface area (Å²) in [5.41, 5.74) is 1.53. The Morgan fingerprint density at radius 2 is 2.05 bits per heavy atom. The summed E-state index contributed by atoms with van der Waals surface area (Å²) in [7, 11) is 0.